The summed E-state index contributed by atoms with van der Waals surface area (Å²) in [7, 11) is 0. The Hall–Kier alpha value is -1.69. The van der Waals surface area contributed by atoms with Crippen molar-refractivity contribution in [3.05, 3.63) is 18.3 Å². The van der Waals surface area contributed by atoms with E-state index in [1.165, 1.54) is 25.7 Å². The lowest BCUT2D eigenvalue weighted by atomic mass is 9.94. The summed E-state index contributed by atoms with van der Waals surface area (Å²) in [6.45, 7) is 3.12. The van der Waals surface area contributed by atoms with Crippen molar-refractivity contribution in [3.8, 4) is 11.6 Å². The molecule has 1 fully saturated rings. The van der Waals surface area contributed by atoms with Crippen LogP contribution in [0, 0.1) is 0 Å². The summed E-state index contributed by atoms with van der Waals surface area (Å²) in [4.78, 5) is 11.7. The van der Waals surface area contributed by atoms with Gasteiger partial charge in [0.1, 0.15) is 0 Å². The predicted octanol–water partition coefficient (Wildman–Crippen LogP) is 2.49. The molecule has 6 nitrogen and oxygen atoms in total. The molecule has 0 aliphatic heterocycles. The average Bonchev–Trinajstić information content (AvgIpc) is 3.09. The van der Waals surface area contributed by atoms with Gasteiger partial charge in [0.2, 0.25) is 11.7 Å². The largest absolute Gasteiger partial charge is 0.342 e. The van der Waals surface area contributed by atoms with Gasteiger partial charge in [-0.3, -0.25) is 0 Å². The Bertz CT molecular complexity index is 521. The lowest BCUT2D eigenvalue weighted by Crippen LogP contribution is -2.34. The molecule has 0 spiro atoms. The molecule has 0 radical (unpaired) electrons. The van der Waals surface area contributed by atoms with Crippen LogP contribution < -0.4 is 5.32 Å². The minimum Gasteiger partial charge on any atom is -0.342 e. The molecule has 0 aromatic carbocycles. The third-order valence-electron chi connectivity index (χ3n) is 3.95. The number of rotatable bonds is 4. The zero-order valence-corrected chi connectivity index (χ0v) is 11.8. The maximum atomic E-state index is 5.50. The van der Waals surface area contributed by atoms with Crippen LogP contribution in [-0.2, 0) is 0 Å². The summed E-state index contributed by atoms with van der Waals surface area (Å²) in [6.07, 6.45) is 9.53. The Morgan fingerprint density at radius 3 is 3.05 bits per heavy atom. The highest BCUT2D eigenvalue weighted by Gasteiger charge is 2.29. The minimum absolute atomic E-state index is 0.314. The van der Waals surface area contributed by atoms with Crippen molar-refractivity contribution in [3.63, 3.8) is 0 Å². The van der Waals surface area contributed by atoms with Crippen molar-refractivity contribution in [2.24, 2.45) is 0 Å². The summed E-state index contributed by atoms with van der Waals surface area (Å²) in [5.74, 6) is 2.26. The normalized spacial score (nSPS) is 23.6. The summed E-state index contributed by atoms with van der Waals surface area (Å²) in [5, 5.41) is 7.62. The molecule has 1 aliphatic rings. The van der Waals surface area contributed by atoms with Gasteiger partial charge in [-0.05, 0) is 19.4 Å². The Morgan fingerprint density at radius 2 is 2.25 bits per heavy atom. The Balaban J connectivity index is 1.82. The SMILES string of the molecule is CCNC1CCCCCC1c1nc(-c2ncc[nH]2)no1. The van der Waals surface area contributed by atoms with Gasteiger partial charge >= 0.3 is 0 Å². The molecule has 1 aliphatic carbocycles. The first kappa shape index (κ1) is 13.3. The van der Waals surface area contributed by atoms with E-state index in [2.05, 4.69) is 32.3 Å². The molecule has 0 bridgehead atoms. The highest BCUT2D eigenvalue weighted by Crippen LogP contribution is 2.31. The fourth-order valence-corrected chi connectivity index (χ4v) is 2.98. The van der Waals surface area contributed by atoms with Crippen LogP contribution in [0.2, 0.25) is 0 Å². The highest BCUT2D eigenvalue weighted by atomic mass is 16.5. The first-order valence-electron chi connectivity index (χ1n) is 7.45. The van der Waals surface area contributed by atoms with Gasteiger partial charge < -0.3 is 14.8 Å². The molecule has 20 heavy (non-hydrogen) atoms. The average molecular weight is 275 g/mol. The molecule has 0 amide bonds. The Morgan fingerprint density at radius 1 is 1.35 bits per heavy atom. The Labute approximate surface area is 118 Å². The number of nitrogens with one attached hydrogen (secondary N) is 2. The van der Waals surface area contributed by atoms with E-state index in [0.29, 0.717) is 23.6 Å². The fourth-order valence-electron chi connectivity index (χ4n) is 2.98. The van der Waals surface area contributed by atoms with Crippen LogP contribution in [0.3, 0.4) is 0 Å². The molecule has 1 saturated carbocycles. The van der Waals surface area contributed by atoms with Gasteiger partial charge in [0.05, 0.1) is 5.92 Å². The maximum absolute atomic E-state index is 5.50. The summed E-state index contributed by atoms with van der Waals surface area (Å²) in [6, 6.07) is 0.437. The zero-order valence-electron chi connectivity index (χ0n) is 11.8. The molecule has 0 saturated heterocycles. The third kappa shape index (κ3) is 2.75. The van der Waals surface area contributed by atoms with Crippen molar-refractivity contribution >= 4 is 0 Å². The number of hydrogen-bond acceptors (Lipinski definition) is 5. The van der Waals surface area contributed by atoms with Crippen LogP contribution in [-0.4, -0.2) is 32.7 Å². The van der Waals surface area contributed by atoms with Crippen LogP contribution in [0.4, 0.5) is 0 Å². The van der Waals surface area contributed by atoms with Gasteiger partial charge in [-0.15, -0.1) is 0 Å². The number of nitrogens with zero attached hydrogens (tertiary/aromatic N) is 3. The van der Waals surface area contributed by atoms with E-state index in [1.54, 1.807) is 12.4 Å². The van der Waals surface area contributed by atoms with E-state index >= 15 is 0 Å². The summed E-state index contributed by atoms with van der Waals surface area (Å²) in [5.41, 5.74) is 0. The van der Waals surface area contributed by atoms with E-state index in [-0.39, 0.29) is 0 Å². The smallest absolute Gasteiger partial charge is 0.238 e. The highest BCUT2D eigenvalue weighted by molar-refractivity contribution is 5.40. The molecule has 2 N–H and O–H groups in total. The molecular weight excluding hydrogens is 254 g/mol. The second-order valence-corrected chi connectivity index (χ2v) is 5.30. The van der Waals surface area contributed by atoms with Crippen molar-refractivity contribution in [1.29, 1.82) is 0 Å². The second-order valence-electron chi connectivity index (χ2n) is 5.30. The first-order valence-corrected chi connectivity index (χ1v) is 7.45. The lowest BCUT2D eigenvalue weighted by Gasteiger charge is -2.22. The topological polar surface area (TPSA) is 79.6 Å². The minimum atomic E-state index is 0.314. The number of imidazole rings is 1. The van der Waals surface area contributed by atoms with Gasteiger partial charge in [-0.25, -0.2) is 4.98 Å². The summed E-state index contributed by atoms with van der Waals surface area (Å²) < 4.78 is 5.50. The quantitative estimate of drug-likeness (QED) is 0.838. The number of likely N-dealkylation sites (N-methyl/N-ethyl adjacent to an activating group) is 1. The van der Waals surface area contributed by atoms with Crippen LogP contribution in [0.1, 0.15) is 50.8 Å². The van der Waals surface area contributed by atoms with Gasteiger partial charge in [0.15, 0.2) is 5.82 Å². The van der Waals surface area contributed by atoms with Crippen molar-refractivity contribution in [1.82, 2.24) is 25.4 Å². The predicted molar refractivity (Wildman–Crippen MR) is 75.2 cm³/mol. The van der Waals surface area contributed by atoms with Gasteiger partial charge in [0, 0.05) is 18.4 Å². The van der Waals surface area contributed by atoms with Crippen LogP contribution in [0.25, 0.3) is 11.6 Å². The van der Waals surface area contributed by atoms with Gasteiger partial charge in [-0.2, -0.15) is 4.98 Å². The van der Waals surface area contributed by atoms with E-state index in [9.17, 15) is 0 Å². The molecule has 2 heterocycles. The number of aromatic amines is 1. The second kappa shape index (κ2) is 6.17. The van der Waals surface area contributed by atoms with Crippen molar-refractivity contribution in [2.45, 2.75) is 51.0 Å². The molecule has 3 rings (SSSR count). The van der Waals surface area contributed by atoms with E-state index in [0.717, 1.165) is 18.9 Å². The number of aromatic nitrogens is 4. The summed E-state index contributed by atoms with van der Waals surface area (Å²) >= 11 is 0. The Kier molecular flexibility index (Phi) is 4.11. The van der Waals surface area contributed by atoms with Crippen LogP contribution in [0.15, 0.2) is 16.9 Å². The zero-order chi connectivity index (χ0) is 13.8. The molecular formula is C14H21N5O. The lowest BCUT2D eigenvalue weighted by molar-refractivity contribution is 0.306. The standard InChI is InChI=1S/C14H21N5O/c1-2-15-11-7-5-3-4-6-10(11)14-18-13(19-20-14)12-16-8-9-17-12/h8-11,15H,2-7H2,1H3,(H,16,17). The van der Waals surface area contributed by atoms with Crippen LogP contribution in [0.5, 0.6) is 0 Å². The molecule has 108 valence electrons. The monoisotopic (exact) mass is 275 g/mol. The number of H-pyrrole nitrogens is 1. The van der Waals surface area contributed by atoms with Crippen LogP contribution >= 0.6 is 0 Å². The van der Waals surface area contributed by atoms with Gasteiger partial charge in [0.25, 0.3) is 0 Å². The maximum Gasteiger partial charge on any atom is 0.238 e. The molecule has 2 atom stereocenters. The molecule has 2 unspecified atom stereocenters. The molecule has 2 aromatic rings. The van der Waals surface area contributed by atoms with E-state index < -0.39 is 0 Å². The van der Waals surface area contributed by atoms with Gasteiger partial charge in [-0.1, -0.05) is 31.3 Å². The van der Waals surface area contributed by atoms with Crippen molar-refractivity contribution < 1.29 is 4.52 Å². The molecule has 6 heteroatoms. The third-order valence-corrected chi connectivity index (χ3v) is 3.95. The first-order chi connectivity index (χ1) is 9.88. The van der Waals surface area contributed by atoms with E-state index in [1.807, 2.05) is 0 Å². The van der Waals surface area contributed by atoms with E-state index in [4.69, 9.17) is 4.52 Å². The number of hydrogen-bond donors (Lipinski definition) is 2. The van der Waals surface area contributed by atoms with Crippen molar-refractivity contribution in [2.75, 3.05) is 6.54 Å². The fraction of sp³-hybridized carbons (Fsp3) is 0.643. The molecule has 2 aromatic heterocycles.